The lowest BCUT2D eigenvalue weighted by Gasteiger charge is -2.18. The summed E-state index contributed by atoms with van der Waals surface area (Å²) < 4.78 is 5.77. The Kier molecular flexibility index (Phi) is 10.2. The summed E-state index contributed by atoms with van der Waals surface area (Å²) in [6.45, 7) is 7.23. The van der Waals surface area contributed by atoms with Crippen LogP contribution in [0.5, 0.6) is 0 Å². The Morgan fingerprint density at radius 2 is 2.06 bits per heavy atom. The molecule has 0 heterocycles. The van der Waals surface area contributed by atoms with Crippen molar-refractivity contribution >= 4 is 5.91 Å². The van der Waals surface area contributed by atoms with E-state index >= 15 is 0 Å². The van der Waals surface area contributed by atoms with E-state index in [4.69, 9.17) is 10.6 Å². The Balaban J connectivity index is 3.65. The van der Waals surface area contributed by atoms with Crippen molar-refractivity contribution in [2.75, 3.05) is 6.61 Å². The van der Waals surface area contributed by atoms with Gasteiger partial charge in [-0.3, -0.25) is 10.2 Å². The summed E-state index contributed by atoms with van der Waals surface area (Å²) in [4.78, 5) is 11.0. The van der Waals surface area contributed by atoms with Crippen molar-refractivity contribution in [3.63, 3.8) is 0 Å². The van der Waals surface area contributed by atoms with Crippen molar-refractivity contribution in [1.29, 1.82) is 0 Å². The van der Waals surface area contributed by atoms with Gasteiger partial charge in [0.2, 0.25) is 5.91 Å². The Morgan fingerprint density at radius 1 is 1.35 bits per heavy atom. The Labute approximate surface area is 105 Å². The molecule has 0 rings (SSSR count). The summed E-state index contributed by atoms with van der Waals surface area (Å²) in [5.41, 5.74) is 2.13. The topological polar surface area (TPSA) is 64.3 Å². The van der Waals surface area contributed by atoms with Gasteiger partial charge in [0, 0.05) is 13.0 Å². The molecule has 2 atom stereocenters. The lowest BCUT2D eigenvalue weighted by Crippen LogP contribution is -2.30. The van der Waals surface area contributed by atoms with Gasteiger partial charge in [-0.05, 0) is 25.7 Å². The van der Waals surface area contributed by atoms with E-state index in [1.807, 2.05) is 6.92 Å². The maximum absolute atomic E-state index is 11.0. The van der Waals surface area contributed by atoms with Crippen LogP contribution in [0.4, 0.5) is 0 Å². The maximum Gasteiger partial charge on any atom is 0.233 e. The highest BCUT2D eigenvalue weighted by molar-refractivity contribution is 5.75. The fraction of sp³-hybridized carbons (Fsp3) is 0.923. The minimum absolute atomic E-state index is 0.126. The van der Waals surface area contributed by atoms with E-state index < -0.39 is 0 Å². The molecule has 3 N–H and O–H groups in total. The van der Waals surface area contributed by atoms with Crippen molar-refractivity contribution < 1.29 is 9.53 Å². The quantitative estimate of drug-likeness (QED) is 0.352. The van der Waals surface area contributed by atoms with Crippen LogP contribution >= 0.6 is 0 Å². The number of unbranched alkanes of at least 4 members (excludes halogenated alkanes) is 1. The molecule has 0 bridgehead atoms. The van der Waals surface area contributed by atoms with E-state index in [-0.39, 0.29) is 12.0 Å². The van der Waals surface area contributed by atoms with Gasteiger partial charge in [0.15, 0.2) is 0 Å². The normalized spacial score (nSPS) is 14.4. The molecule has 4 heteroatoms. The molecule has 0 aliphatic rings. The highest BCUT2D eigenvalue weighted by Gasteiger charge is 2.10. The number of amides is 1. The van der Waals surface area contributed by atoms with Crippen LogP contribution in [-0.2, 0) is 9.53 Å². The fourth-order valence-corrected chi connectivity index (χ4v) is 1.69. The fourth-order valence-electron chi connectivity index (χ4n) is 1.69. The van der Waals surface area contributed by atoms with E-state index in [2.05, 4.69) is 19.3 Å². The molecule has 0 spiro atoms. The summed E-state index contributed by atoms with van der Waals surface area (Å²) >= 11 is 0. The Bertz CT molecular complexity index is 198. The van der Waals surface area contributed by atoms with E-state index in [0.717, 1.165) is 19.4 Å². The molecule has 0 aromatic carbocycles. The third-order valence-corrected chi connectivity index (χ3v) is 3.10. The minimum Gasteiger partial charge on any atom is -0.378 e. The van der Waals surface area contributed by atoms with Crippen LogP contribution in [0.2, 0.25) is 0 Å². The average molecular weight is 244 g/mol. The van der Waals surface area contributed by atoms with Gasteiger partial charge in [-0.2, -0.15) is 0 Å². The van der Waals surface area contributed by atoms with Crippen molar-refractivity contribution in [2.45, 2.75) is 65.4 Å². The molecular formula is C13H28N2O2. The number of hydrogen-bond acceptors (Lipinski definition) is 3. The maximum atomic E-state index is 11.0. The van der Waals surface area contributed by atoms with E-state index in [0.29, 0.717) is 12.3 Å². The SMILES string of the molecule is CCCCC(CC)COC(C)CCC(=O)NN. The number of carbonyl (C=O) groups excluding carboxylic acids is 1. The Morgan fingerprint density at radius 3 is 2.59 bits per heavy atom. The number of hydrazine groups is 1. The third kappa shape index (κ3) is 9.12. The van der Waals surface area contributed by atoms with Gasteiger partial charge in [-0.1, -0.05) is 33.1 Å². The van der Waals surface area contributed by atoms with Crippen molar-refractivity contribution in [1.82, 2.24) is 5.43 Å². The smallest absolute Gasteiger partial charge is 0.233 e. The average Bonchev–Trinajstić information content (AvgIpc) is 2.36. The summed E-state index contributed by atoms with van der Waals surface area (Å²) in [5, 5.41) is 0. The van der Waals surface area contributed by atoms with Gasteiger partial charge in [0.1, 0.15) is 0 Å². The van der Waals surface area contributed by atoms with Crippen LogP contribution in [-0.4, -0.2) is 18.6 Å². The second-order valence-corrected chi connectivity index (χ2v) is 4.67. The third-order valence-electron chi connectivity index (χ3n) is 3.10. The first-order valence-corrected chi connectivity index (χ1v) is 6.75. The number of nitrogens with two attached hydrogens (primary N) is 1. The first-order valence-electron chi connectivity index (χ1n) is 6.75. The van der Waals surface area contributed by atoms with E-state index in [9.17, 15) is 4.79 Å². The van der Waals surface area contributed by atoms with Crippen LogP contribution in [0.25, 0.3) is 0 Å². The summed E-state index contributed by atoms with van der Waals surface area (Å²) in [5.74, 6) is 5.54. The number of carbonyl (C=O) groups is 1. The lowest BCUT2D eigenvalue weighted by atomic mass is 10.0. The largest absolute Gasteiger partial charge is 0.378 e. The van der Waals surface area contributed by atoms with Crippen LogP contribution < -0.4 is 11.3 Å². The van der Waals surface area contributed by atoms with Crippen molar-refractivity contribution in [3.05, 3.63) is 0 Å². The number of rotatable bonds is 10. The molecule has 0 saturated carbocycles. The van der Waals surface area contributed by atoms with Gasteiger partial charge in [0.05, 0.1) is 6.10 Å². The highest BCUT2D eigenvalue weighted by Crippen LogP contribution is 2.14. The van der Waals surface area contributed by atoms with E-state index in [1.165, 1.54) is 19.3 Å². The zero-order chi connectivity index (χ0) is 13.1. The zero-order valence-electron chi connectivity index (χ0n) is 11.5. The number of ether oxygens (including phenoxy) is 1. The number of nitrogens with one attached hydrogen (secondary N) is 1. The van der Waals surface area contributed by atoms with Crippen LogP contribution in [0, 0.1) is 5.92 Å². The molecule has 0 aromatic heterocycles. The molecule has 0 aromatic rings. The summed E-state index contributed by atoms with van der Waals surface area (Å²) in [6, 6.07) is 0. The van der Waals surface area contributed by atoms with Crippen molar-refractivity contribution in [2.24, 2.45) is 11.8 Å². The molecule has 0 aliphatic carbocycles. The first-order chi connectivity index (χ1) is 8.13. The number of hydrogen-bond donors (Lipinski definition) is 2. The van der Waals surface area contributed by atoms with Crippen LogP contribution in [0.1, 0.15) is 59.3 Å². The molecule has 17 heavy (non-hydrogen) atoms. The summed E-state index contributed by atoms with van der Waals surface area (Å²) in [7, 11) is 0. The van der Waals surface area contributed by atoms with Gasteiger partial charge in [0.25, 0.3) is 0 Å². The molecule has 0 radical (unpaired) electrons. The lowest BCUT2D eigenvalue weighted by molar-refractivity contribution is -0.121. The summed E-state index contributed by atoms with van der Waals surface area (Å²) in [6.07, 6.45) is 6.20. The predicted molar refractivity (Wildman–Crippen MR) is 70.3 cm³/mol. The molecule has 102 valence electrons. The molecule has 4 nitrogen and oxygen atoms in total. The zero-order valence-corrected chi connectivity index (χ0v) is 11.5. The van der Waals surface area contributed by atoms with Gasteiger partial charge >= 0.3 is 0 Å². The Hall–Kier alpha value is -0.610. The molecule has 0 saturated heterocycles. The molecule has 0 fully saturated rings. The van der Waals surface area contributed by atoms with Crippen LogP contribution in [0.15, 0.2) is 0 Å². The van der Waals surface area contributed by atoms with Crippen molar-refractivity contribution in [3.8, 4) is 0 Å². The van der Waals surface area contributed by atoms with Crippen LogP contribution in [0.3, 0.4) is 0 Å². The molecule has 1 amide bonds. The second kappa shape index (κ2) is 10.5. The minimum atomic E-state index is -0.126. The van der Waals surface area contributed by atoms with Gasteiger partial charge in [-0.15, -0.1) is 0 Å². The molecular weight excluding hydrogens is 216 g/mol. The first kappa shape index (κ1) is 16.4. The highest BCUT2D eigenvalue weighted by atomic mass is 16.5. The van der Waals surface area contributed by atoms with E-state index in [1.54, 1.807) is 0 Å². The second-order valence-electron chi connectivity index (χ2n) is 4.67. The van der Waals surface area contributed by atoms with Gasteiger partial charge < -0.3 is 4.74 Å². The standard InChI is InChI=1S/C13H28N2O2/c1-4-6-7-12(5-2)10-17-11(3)8-9-13(16)15-14/h11-12H,4-10,14H2,1-3H3,(H,15,16). The monoisotopic (exact) mass is 244 g/mol. The van der Waals surface area contributed by atoms with Gasteiger partial charge in [-0.25, -0.2) is 5.84 Å². The molecule has 0 aliphatic heterocycles. The molecule has 2 unspecified atom stereocenters. The predicted octanol–water partition coefficient (Wildman–Crippen LogP) is 2.38.